The Hall–Kier alpha value is -1.71. The van der Waals surface area contributed by atoms with Crippen molar-refractivity contribution in [1.82, 2.24) is 5.32 Å². The van der Waals surface area contributed by atoms with Crippen LogP contribution in [0.4, 0.5) is 11.4 Å². The highest BCUT2D eigenvalue weighted by Crippen LogP contribution is 2.17. The Kier molecular flexibility index (Phi) is 6.19. The third kappa shape index (κ3) is 5.20. The van der Waals surface area contributed by atoms with Gasteiger partial charge in [-0.05, 0) is 31.5 Å². The molecule has 0 saturated carbocycles. The Bertz CT molecular complexity index is 404. The van der Waals surface area contributed by atoms with Crippen LogP contribution in [-0.4, -0.2) is 32.6 Å². The van der Waals surface area contributed by atoms with Gasteiger partial charge in [0.15, 0.2) is 0 Å². The highest BCUT2D eigenvalue weighted by Gasteiger charge is 2.11. The zero-order chi connectivity index (χ0) is 14.3. The SMILES string of the molecule is CCCCNC(=O)C(C)Nc1cccc(N(C)C)c1. The van der Waals surface area contributed by atoms with Crippen LogP contribution in [0.3, 0.4) is 0 Å². The summed E-state index contributed by atoms with van der Waals surface area (Å²) in [5, 5.41) is 6.15. The number of hydrogen-bond donors (Lipinski definition) is 2. The van der Waals surface area contributed by atoms with E-state index < -0.39 is 0 Å². The molecule has 106 valence electrons. The van der Waals surface area contributed by atoms with Crippen molar-refractivity contribution in [1.29, 1.82) is 0 Å². The number of nitrogens with one attached hydrogen (secondary N) is 2. The van der Waals surface area contributed by atoms with Gasteiger partial charge in [0.05, 0.1) is 0 Å². The van der Waals surface area contributed by atoms with Gasteiger partial charge in [0, 0.05) is 32.0 Å². The van der Waals surface area contributed by atoms with Crippen LogP contribution in [0.5, 0.6) is 0 Å². The van der Waals surface area contributed by atoms with E-state index >= 15 is 0 Å². The molecule has 1 aromatic rings. The highest BCUT2D eigenvalue weighted by atomic mass is 16.2. The van der Waals surface area contributed by atoms with E-state index in [1.807, 2.05) is 50.2 Å². The molecule has 0 saturated heterocycles. The normalized spacial score (nSPS) is 11.8. The van der Waals surface area contributed by atoms with Gasteiger partial charge in [-0.1, -0.05) is 19.4 Å². The van der Waals surface area contributed by atoms with Crippen molar-refractivity contribution in [3.05, 3.63) is 24.3 Å². The molecule has 0 bridgehead atoms. The quantitative estimate of drug-likeness (QED) is 0.743. The minimum atomic E-state index is -0.228. The van der Waals surface area contributed by atoms with Crippen LogP contribution >= 0.6 is 0 Å². The van der Waals surface area contributed by atoms with Crippen LogP contribution in [0.25, 0.3) is 0 Å². The van der Waals surface area contributed by atoms with Gasteiger partial charge in [-0.25, -0.2) is 0 Å². The molecular weight excluding hydrogens is 238 g/mol. The average molecular weight is 263 g/mol. The number of amides is 1. The zero-order valence-electron chi connectivity index (χ0n) is 12.4. The summed E-state index contributed by atoms with van der Waals surface area (Å²) in [6, 6.07) is 7.81. The first kappa shape index (κ1) is 15.3. The first-order chi connectivity index (χ1) is 9.04. The molecule has 0 aromatic heterocycles. The van der Waals surface area contributed by atoms with Crippen LogP contribution in [0.15, 0.2) is 24.3 Å². The molecule has 0 aliphatic heterocycles. The standard InChI is InChI=1S/C15H25N3O/c1-5-6-10-16-15(19)12(2)17-13-8-7-9-14(11-13)18(3)4/h7-9,11-12,17H,5-6,10H2,1-4H3,(H,16,19). The smallest absolute Gasteiger partial charge is 0.242 e. The molecule has 19 heavy (non-hydrogen) atoms. The lowest BCUT2D eigenvalue weighted by Crippen LogP contribution is -2.38. The third-order valence-corrected chi connectivity index (χ3v) is 2.97. The molecule has 2 N–H and O–H groups in total. The lowest BCUT2D eigenvalue weighted by atomic mass is 10.2. The van der Waals surface area contributed by atoms with Crippen LogP contribution in [0.1, 0.15) is 26.7 Å². The summed E-state index contributed by atoms with van der Waals surface area (Å²) in [6.07, 6.45) is 2.11. The lowest BCUT2D eigenvalue weighted by Gasteiger charge is -2.18. The van der Waals surface area contributed by atoms with E-state index in [1.54, 1.807) is 0 Å². The van der Waals surface area contributed by atoms with Crippen LogP contribution in [0.2, 0.25) is 0 Å². The minimum Gasteiger partial charge on any atom is -0.378 e. The molecule has 0 fully saturated rings. The Morgan fingerprint density at radius 3 is 2.74 bits per heavy atom. The second-order valence-corrected chi connectivity index (χ2v) is 4.96. The summed E-state index contributed by atoms with van der Waals surface area (Å²) in [6.45, 7) is 4.74. The van der Waals surface area contributed by atoms with Crippen LogP contribution < -0.4 is 15.5 Å². The lowest BCUT2D eigenvalue weighted by molar-refractivity contribution is -0.121. The van der Waals surface area contributed by atoms with Gasteiger partial charge >= 0.3 is 0 Å². The second-order valence-electron chi connectivity index (χ2n) is 4.96. The molecule has 0 heterocycles. The summed E-state index contributed by atoms with van der Waals surface area (Å²) in [5.74, 6) is 0.0451. The summed E-state index contributed by atoms with van der Waals surface area (Å²) < 4.78 is 0. The maximum absolute atomic E-state index is 11.9. The van der Waals surface area contributed by atoms with Crippen LogP contribution in [0, 0.1) is 0 Å². The van der Waals surface area contributed by atoms with Gasteiger partial charge in [-0.3, -0.25) is 4.79 Å². The number of hydrogen-bond acceptors (Lipinski definition) is 3. The monoisotopic (exact) mass is 263 g/mol. The Morgan fingerprint density at radius 1 is 1.37 bits per heavy atom. The predicted octanol–water partition coefficient (Wildman–Crippen LogP) is 2.47. The molecule has 4 heteroatoms. The molecule has 1 amide bonds. The Labute approximate surface area is 116 Å². The van der Waals surface area contributed by atoms with Crippen molar-refractivity contribution >= 4 is 17.3 Å². The Balaban J connectivity index is 2.53. The maximum atomic E-state index is 11.9. The maximum Gasteiger partial charge on any atom is 0.242 e. The molecular formula is C15H25N3O. The van der Waals surface area contributed by atoms with Crippen molar-refractivity contribution in [2.45, 2.75) is 32.7 Å². The molecule has 0 aliphatic rings. The first-order valence-corrected chi connectivity index (χ1v) is 6.86. The summed E-state index contributed by atoms with van der Waals surface area (Å²) in [4.78, 5) is 13.9. The molecule has 0 spiro atoms. The molecule has 0 aliphatic carbocycles. The van der Waals surface area contributed by atoms with Gasteiger partial charge in [0.2, 0.25) is 5.91 Å². The topological polar surface area (TPSA) is 44.4 Å². The first-order valence-electron chi connectivity index (χ1n) is 6.86. The second kappa shape index (κ2) is 7.67. The highest BCUT2D eigenvalue weighted by molar-refractivity contribution is 5.84. The minimum absolute atomic E-state index is 0.0451. The number of unbranched alkanes of at least 4 members (excludes halogenated alkanes) is 1. The van der Waals surface area contributed by atoms with Crippen LogP contribution in [-0.2, 0) is 4.79 Å². The van der Waals surface area contributed by atoms with Gasteiger partial charge < -0.3 is 15.5 Å². The van der Waals surface area contributed by atoms with Gasteiger partial charge in [0.1, 0.15) is 6.04 Å². The summed E-state index contributed by atoms with van der Waals surface area (Å²) in [5.41, 5.74) is 2.08. The van der Waals surface area contributed by atoms with E-state index in [0.29, 0.717) is 0 Å². The third-order valence-electron chi connectivity index (χ3n) is 2.97. The van der Waals surface area contributed by atoms with Crippen molar-refractivity contribution in [2.24, 2.45) is 0 Å². The van der Waals surface area contributed by atoms with E-state index in [4.69, 9.17) is 0 Å². The predicted molar refractivity (Wildman–Crippen MR) is 81.8 cm³/mol. The van der Waals surface area contributed by atoms with Gasteiger partial charge in [0.25, 0.3) is 0 Å². The van der Waals surface area contributed by atoms with E-state index in [-0.39, 0.29) is 11.9 Å². The molecule has 1 atom stereocenters. The summed E-state index contributed by atoms with van der Waals surface area (Å²) >= 11 is 0. The molecule has 4 nitrogen and oxygen atoms in total. The number of carbonyl (C=O) groups is 1. The largest absolute Gasteiger partial charge is 0.378 e. The molecule has 1 rings (SSSR count). The van der Waals surface area contributed by atoms with Gasteiger partial charge in [-0.2, -0.15) is 0 Å². The van der Waals surface area contributed by atoms with Gasteiger partial charge in [-0.15, -0.1) is 0 Å². The molecule has 1 aromatic carbocycles. The molecule has 1 unspecified atom stereocenters. The number of nitrogens with zero attached hydrogens (tertiary/aromatic N) is 1. The van der Waals surface area contributed by atoms with Crippen molar-refractivity contribution in [2.75, 3.05) is 30.9 Å². The van der Waals surface area contributed by atoms with E-state index in [1.165, 1.54) is 0 Å². The van der Waals surface area contributed by atoms with E-state index in [9.17, 15) is 4.79 Å². The molecule has 0 radical (unpaired) electrons. The van der Waals surface area contributed by atoms with E-state index in [0.717, 1.165) is 30.8 Å². The Morgan fingerprint density at radius 2 is 2.11 bits per heavy atom. The average Bonchev–Trinajstić information content (AvgIpc) is 2.39. The van der Waals surface area contributed by atoms with Crippen molar-refractivity contribution < 1.29 is 4.79 Å². The van der Waals surface area contributed by atoms with E-state index in [2.05, 4.69) is 17.6 Å². The zero-order valence-corrected chi connectivity index (χ0v) is 12.4. The number of anilines is 2. The fraction of sp³-hybridized carbons (Fsp3) is 0.533. The number of rotatable bonds is 7. The summed E-state index contributed by atoms with van der Waals surface area (Å²) in [7, 11) is 4.00. The fourth-order valence-corrected chi connectivity index (χ4v) is 1.73. The number of carbonyl (C=O) groups excluding carboxylic acids is 1. The van der Waals surface area contributed by atoms with Crippen molar-refractivity contribution in [3.63, 3.8) is 0 Å². The van der Waals surface area contributed by atoms with Crippen molar-refractivity contribution in [3.8, 4) is 0 Å². The number of benzene rings is 1. The fourth-order valence-electron chi connectivity index (χ4n) is 1.73.